The normalized spacial score (nSPS) is 10.8. The summed E-state index contributed by atoms with van der Waals surface area (Å²) in [6, 6.07) is 9.39. The highest BCUT2D eigenvalue weighted by atomic mass is 16.4. The molecule has 0 aliphatic heterocycles. The van der Waals surface area contributed by atoms with E-state index >= 15 is 0 Å². The summed E-state index contributed by atoms with van der Waals surface area (Å²) in [7, 11) is 0. The molecule has 0 spiro atoms. The molecule has 0 aliphatic carbocycles. The van der Waals surface area contributed by atoms with Crippen molar-refractivity contribution in [1.82, 2.24) is 0 Å². The standard InChI is InChI=1S/C11H5NO2/c12-6-9-5-8-2-1-7-3-4-13-10(7)11(8)14-9/h1-5H. The van der Waals surface area contributed by atoms with Gasteiger partial charge < -0.3 is 8.83 Å². The van der Waals surface area contributed by atoms with Gasteiger partial charge in [0.05, 0.1) is 6.26 Å². The first-order chi connectivity index (χ1) is 6.88. The average Bonchev–Trinajstić information content (AvgIpc) is 2.82. The van der Waals surface area contributed by atoms with E-state index in [2.05, 4.69) is 0 Å². The van der Waals surface area contributed by atoms with Gasteiger partial charge in [-0.3, -0.25) is 0 Å². The highest BCUT2D eigenvalue weighted by Crippen LogP contribution is 2.28. The van der Waals surface area contributed by atoms with Crippen LogP contribution in [0.3, 0.4) is 0 Å². The maximum Gasteiger partial charge on any atom is 0.205 e. The monoisotopic (exact) mass is 183 g/mol. The molecule has 2 heterocycles. The van der Waals surface area contributed by atoms with E-state index in [9.17, 15) is 0 Å². The highest BCUT2D eigenvalue weighted by molar-refractivity contribution is 6.01. The fourth-order valence-corrected chi connectivity index (χ4v) is 1.58. The summed E-state index contributed by atoms with van der Waals surface area (Å²) < 4.78 is 10.6. The molecular formula is C11H5NO2. The van der Waals surface area contributed by atoms with Crippen LogP contribution >= 0.6 is 0 Å². The van der Waals surface area contributed by atoms with Gasteiger partial charge >= 0.3 is 0 Å². The van der Waals surface area contributed by atoms with Gasteiger partial charge in [0, 0.05) is 16.8 Å². The van der Waals surface area contributed by atoms with Crippen LogP contribution in [0.4, 0.5) is 0 Å². The van der Waals surface area contributed by atoms with Crippen molar-refractivity contribution in [2.45, 2.75) is 0 Å². The number of furan rings is 2. The lowest BCUT2D eigenvalue weighted by molar-refractivity contribution is 0.574. The Hall–Kier alpha value is -2.21. The third kappa shape index (κ3) is 0.798. The van der Waals surface area contributed by atoms with E-state index in [1.165, 1.54) is 0 Å². The zero-order valence-corrected chi connectivity index (χ0v) is 7.15. The summed E-state index contributed by atoms with van der Waals surface area (Å²) in [6.45, 7) is 0. The second-order valence-corrected chi connectivity index (χ2v) is 3.05. The predicted octanol–water partition coefficient (Wildman–Crippen LogP) is 3.05. The van der Waals surface area contributed by atoms with Crippen LogP contribution < -0.4 is 0 Å². The average molecular weight is 183 g/mol. The minimum absolute atomic E-state index is 0.309. The van der Waals surface area contributed by atoms with Crippen LogP contribution in [0.5, 0.6) is 0 Å². The maximum absolute atomic E-state index is 8.69. The molecule has 3 rings (SSSR count). The molecular weight excluding hydrogens is 178 g/mol. The number of nitrogens with zero attached hydrogens (tertiary/aromatic N) is 1. The first-order valence-electron chi connectivity index (χ1n) is 4.18. The molecule has 0 saturated heterocycles. The summed E-state index contributed by atoms with van der Waals surface area (Å²) in [4.78, 5) is 0. The quantitative estimate of drug-likeness (QED) is 0.538. The van der Waals surface area contributed by atoms with Gasteiger partial charge in [0.1, 0.15) is 6.07 Å². The van der Waals surface area contributed by atoms with Crippen molar-refractivity contribution in [3.8, 4) is 6.07 Å². The SMILES string of the molecule is N#Cc1cc2ccc3ccoc3c2o1. The summed E-state index contributed by atoms with van der Waals surface area (Å²) in [6.07, 6.45) is 1.61. The highest BCUT2D eigenvalue weighted by Gasteiger charge is 2.08. The molecule has 3 heteroatoms. The topological polar surface area (TPSA) is 50.1 Å². The van der Waals surface area contributed by atoms with Gasteiger partial charge in [0.15, 0.2) is 11.2 Å². The lowest BCUT2D eigenvalue weighted by atomic mass is 10.2. The third-order valence-electron chi connectivity index (χ3n) is 2.22. The molecule has 66 valence electrons. The van der Waals surface area contributed by atoms with Crippen molar-refractivity contribution in [2.75, 3.05) is 0 Å². The van der Waals surface area contributed by atoms with Crippen LogP contribution in [-0.4, -0.2) is 0 Å². The van der Waals surface area contributed by atoms with Crippen molar-refractivity contribution in [2.24, 2.45) is 0 Å². The van der Waals surface area contributed by atoms with Crippen molar-refractivity contribution in [1.29, 1.82) is 5.26 Å². The largest absolute Gasteiger partial charge is 0.460 e. The summed E-state index contributed by atoms with van der Waals surface area (Å²) in [5, 5.41) is 10.6. The van der Waals surface area contributed by atoms with Crippen molar-refractivity contribution in [3.05, 3.63) is 36.3 Å². The zero-order chi connectivity index (χ0) is 9.54. The predicted molar refractivity (Wildman–Crippen MR) is 50.7 cm³/mol. The summed E-state index contributed by atoms with van der Waals surface area (Å²) >= 11 is 0. The lowest BCUT2D eigenvalue weighted by Crippen LogP contribution is -1.64. The Morgan fingerprint density at radius 3 is 2.79 bits per heavy atom. The Balaban J connectivity index is 2.56. The van der Waals surface area contributed by atoms with E-state index in [1.54, 1.807) is 12.3 Å². The maximum atomic E-state index is 8.69. The van der Waals surface area contributed by atoms with E-state index in [-0.39, 0.29) is 0 Å². The Morgan fingerprint density at radius 1 is 1.07 bits per heavy atom. The molecule has 0 atom stereocenters. The number of rotatable bonds is 0. The van der Waals surface area contributed by atoms with Gasteiger partial charge in [-0.25, -0.2) is 0 Å². The van der Waals surface area contributed by atoms with E-state index in [0.29, 0.717) is 16.9 Å². The Kier molecular flexibility index (Phi) is 1.23. The molecule has 0 fully saturated rings. The van der Waals surface area contributed by atoms with Gasteiger partial charge in [-0.2, -0.15) is 5.26 Å². The van der Waals surface area contributed by atoms with Crippen LogP contribution in [0.2, 0.25) is 0 Å². The Labute approximate surface area is 79.1 Å². The first kappa shape index (κ1) is 7.22. The second kappa shape index (κ2) is 2.39. The molecule has 0 aliphatic rings. The molecule has 14 heavy (non-hydrogen) atoms. The van der Waals surface area contributed by atoms with Gasteiger partial charge in [0.25, 0.3) is 0 Å². The number of nitriles is 1. The minimum Gasteiger partial charge on any atom is -0.460 e. The molecule has 1 aromatic carbocycles. The van der Waals surface area contributed by atoms with Gasteiger partial charge in [0.2, 0.25) is 5.76 Å². The van der Waals surface area contributed by atoms with Crippen molar-refractivity contribution < 1.29 is 8.83 Å². The van der Waals surface area contributed by atoms with Crippen molar-refractivity contribution in [3.63, 3.8) is 0 Å². The summed E-state index contributed by atoms with van der Waals surface area (Å²) in [5.41, 5.74) is 1.34. The summed E-state index contributed by atoms with van der Waals surface area (Å²) in [5.74, 6) is 0.309. The number of benzene rings is 1. The fourth-order valence-electron chi connectivity index (χ4n) is 1.58. The number of hydrogen-bond donors (Lipinski definition) is 0. The Morgan fingerprint density at radius 2 is 1.93 bits per heavy atom. The van der Waals surface area contributed by atoms with E-state index < -0.39 is 0 Å². The van der Waals surface area contributed by atoms with E-state index in [1.807, 2.05) is 24.3 Å². The second-order valence-electron chi connectivity index (χ2n) is 3.05. The van der Waals surface area contributed by atoms with Crippen LogP contribution in [0.1, 0.15) is 5.76 Å². The van der Waals surface area contributed by atoms with Gasteiger partial charge in [-0.05, 0) is 6.07 Å². The fraction of sp³-hybridized carbons (Fsp3) is 0. The first-order valence-corrected chi connectivity index (χ1v) is 4.18. The van der Waals surface area contributed by atoms with Gasteiger partial charge in [-0.15, -0.1) is 0 Å². The Bertz CT molecular complexity index is 655. The molecule has 0 amide bonds. The molecule has 0 saturated carbocycles. The van der Waals surface area contributed by atoms with Gasteiger partial charge in [-0.1, -0.05) is 12.1 Å². The molecule has 0 N–H and O–H groups in total. The van der Waals surface area contributed by atoms with Crippen LogP contribution in [-0.2, 0) is 0 Å². The molecule has 2 aromatic heterocycles. The van der Waals surface area contributed by atoms with Crippen molar-refractivity contribution >= 4 is 21.9 Å². The molecule has 3 aromatic rings. The zero-order valence-electron chi connectivity index (χ0n) is 7.15. The molecule has 0 unspecified atom stereocenters. The van der Waals surface area contributed by atoms with Crippen LogP contribution in [0.25, 0.3) is 21.9 Å². The molecule has 3 nitrogen and oxygen atoms in total. The smallest absolute Gasteiger partial charge is 0.205 e. The number of hydrogen-bond acceptors (Lipinski definition) is 3. The van der Waals surface area contributed by atoms with E-state index in [0.717, 1.165) is 10.8 Å². The lowest BCUT2D eigenvalue weighted by Gasteiger charge is -1.88. The van der Waals surface area contributed by atoms with E-state index in [4.69, 9.17) is 14.1 Å². The minimum atomic E-state index is 0.309. The number of fused-ring (bicyclic) bond motifs is 3. The molecule has 0 bridgehead atoms. The van der Waals surface area contributed by atoms with Crippen LogP contribution in [0.15, 0.2) is 39.4 Å². The van der Waals surface area contributed by atoms with Crippen LogP contribution in [0, 0.1) is 11.3 Å². The molecule has 0 radical (unpaired) electrons. The third-order valence-corrected chi connectivity index (χ3v) is 2.22.